The van der Waals surface area contributed by atoms with E-state index in [0.29, 0.717) is 11.5 Å². The minimum Gasteiger partial charge on any atom is -0.269 e. The highest BCUT2D eigenvalue weighted by Gasteiger charge is 2.11. The van der Waals surface area contributed by atoms with Crippen LogP contribution in [0.2, 0.25) is 0 Å². The molecule has 94 valence electrons. The predicted molar refractivity (Wildman–Crippen MR) is 78.4 cm³/mol. The van der Waals surface area contributed by atoms with Crippen LogP contribution in [0, 0.1) is 0 Å². The third-order valence-corrected chi connectivity index (χ3v) is 5.37. The van der Waals surface area contributed by atoms with Gasteiger partial charge in [-0.1, -0.05) is 30.3 Å². The smallest absolute Gasteiger partial charge is 0.269 e. The van der Waals surface area contributed by atoms with Crippen LogP contribution in [0.4, 0.5) is 0 Å². The number of carbonyl (C=O) groups is 1. The summed E-state index contributed by atoms with van der Waals surface area (Å²) in [5.41, 5.74) is 3.42. The number of thiophene rings is 1. The van der Waals surface area contributed by atoms with Gasteiger partial charge in [0, 0.05) is 4.47 Å². The van der Waals surface area contributed by atoms with E-state index in [0.717, 1.165) is 13.8 Å². The van der Waals surface area contributed by atoms with Crippen molar-refractivity contribution in [3.05, 3.63) is 55.1 Å². The Kier molecular flexibility index (Phi) is 4.94. The highest BCUT2D eigenvalue weighted by Crippen LogP contribution is 2.32. The number of halogens is 2. The number of rotatable bonds is 4. The van der Waals surface area contributed by atoms with Crippen molar-refractivity contribution < 1.29 is 9.63 Å². The molecule has 18 heavy (non-hydrogen) atoms. The molecule has 0 aliphatic carbocycles. The molecule has 2 aromatic rings. The number of hydroxylamine groups is 1. The maximum Gasteiger partial charge on any atom is 0.284 e. The fourth-order valence-corrected chi connectivity index (χ4v) is 3.19. The Labute approximate surface area is 125 Å². The van der Waals surface area contributed by atoms with Gasteiger partial charge in [0.2, 0.25) is 0 Å². The zero-order valence-corrected chi connectivity index (χ0v) is 13.1. The van der Waals surface area contributed by atoms with E-state index in [1.165, 1.54) is 11.3 Å². The number of hydrogen-bond donors (Lipinski definition) is 1. The highest BCUT2D eigenvalue weighted by atomic mass is 79.9. The molecule has 0 radical (unpaired) electrons. The average Bonchev–Trinajstić information content (AvgIpc) is 2.71. The Hall–Kier alpha value is -0.690. The maximum atomic E-state index is 11.7. The van der Waals surface area contributed by atoms with Gasteiger partial charge in [-0.25, -0.2) is 5.48 Å². The van der Waals surface area contributed by atoms with Crippen molar-refractivity contribution in [1.29, 1.82) is 0 Å². The van der Waals surface area contributed by atoms with Crippen molar-refractivity contribution in [3.63, 3.8) is 0 Å². The summed E-state index contributed by atoms with van der Waals surface area (Å²) in [5.74, 6) is -0.248. The number of hydrogen-bond acceptors (Lipinski definition) is 3. The molecule has 0 aliphatic rings. The molecule has 2 rings (SSSR count). The highest BCUT2D eigenvalue weighted by molar-refractivity contribution is 9.13. The Balaban J connectivity index is 1.85. The second kappa shape index (κ2) is 6.47. The van der Waals surface area contributed by atoms with E-state index in [2.05, 4.69) is 37.3 Å². The summed E-state index contributed by atoms with van der Waals surface area (Å²) in [5, 5.41) is 0. The van der Waals surface area contributed by atoms with E-state index >= 15 is 0 Å². The van der Waals surface area contributed by atoms with E-state index in [1.54, 1.807) is 6.07 Å². The third kappa shape index (κ3) is 3.65. The van der Waals surface area contributed by atoms with E-state index < -0.39 is 0 Å². The molecule has 0 fully saturated rings. The lowest BCUT2D eigenvalue weighted by Crippen LogP contribution is -2.22. The summed E-state index contributed by atoms with van der Waals surface area (Å²) in [6.45, 7) is 0.348. The van der Waals surface area contributed by atoms with Gasteiger partial charge >= 0.3 is 0 Å². The van der Waals surface area contributed by atoms with Gasteiger partial charge in [-0.05, 0) is 43.5 Å². The first-order valence-electron chi connectivity index (χ1n) is 5.07. The van der Waals surface area contributed by atoms with Crippen LogP contribution >= 0.6 is 43.2 Å². The Morgan fingerprint density at radius 1 is 1.28 bits per heavy atom. The van der Waals surface area contributed by atoms with Gasteiger partial charge in [-0.3, -0.25) is 9.63 Å². The Morgan fingerprint density at radius 2 is 2.00 bits per heavy atom. The Morgan fingerprint density at radius 3 is 2.61 bits per heavy atom. The Bertz CT molecular complexity index is 523. The number of nitrogens with one attached hydrogen (secondary N) is 1. The maximum absolute atomic E-state index is 11.7. The summed E-state index contributed by atoms with van der Waals surface area (Å²) in [7, 11) is 0. The van der Waals surface area contributed by atoms with Crippen LogP contribution in [-0.2, 0) is 11.4 Å². The van der Waals surface area contributed by atoms with E-state index in [9.17, 15) is 4.79 Å². The molecule has 1 amide bonds. The quantitative estimate of drug-likeness (QED) is 0.797. The molecule has 3 nitrogen and oxygen atoms in total. The van der Waals surface area contributed by atoms with Crippen molar-refractivity contribution >= 4 is 49.1 Å². The molecule has 0 atom stereocenters. The average molecular weight is 391 g/mol. The van der Waals surface area contributed by atoms with Crippen LogP contribution < -0.4 is 5.48 Å². The lowest BCUT2D eigenvalue weighted by atomic mass is 10.2. The minimum absolute atomic E-state index is 0.248. The van der Waals surface area contributed by atoms with Crippen LogP contribution in [0.3, 0.4) is 0 Å². The number of benzene rings is 1. The molecular weight excluding hydrogens is 382 g/mol. The second-order valence-corrected chi connectivity index (χ2v) is 6.66. The normalized spacial score (nSPS) is 10.3. The molecule has 0 aliphatic heterocycles. The summed E-state index contributed by atoms with van der Waals surface area (Å²) in [4.78, 5) is 17.5. The SMILES string of the molecule is O=C(NOCc1ccccc1)c1cc(Br)c(Br)s1. The van der Waals surface area contributed by atoms with Gasteiger partial charge in [0.05, 0.1) is 15.3 Å². The molecule has 1 N–H and O–H groups in total. The van der Waals surface area contributed by atoms with E-state index in [-0.39, 0.29) is 5.91 Å². The molecular formula is C12H9Br2NO2S. The van der Waals surface area contributed by atoms with Crippen LogP contribution in [0.5, 0.6) is 0 Å². The summed E-state index contributed by atoms with van der Waals surface area (Å²) in [6, 6.07) is 11.4. The summed E-state index contributed by atoms with van der Waals surface area (Å²) < 4.78 is 1.75. The van der Waals surface area contributed by atoms with Crippen molar-refractivity contribution in [1.82, 2.24) is 5.48 Å². The topological polar surface area (TPSA) is 38.3 Å². The lowest BCUT2D eigenvalue weighted by Gasteiger charge is -2.04. The predicted octanol–water partition coefficient (Wildman–Crippen LogP) is 4.13. The molecule has 0 spiro atoms. The van der Waals surface area contributed by atoms with Gasteiger partial charge in [0.15, 0.2) is 0 Å². The van der Waals surface area contributed by atoms with Crippen LogP contribution in [0.1, 0.15) is 15.2 Å². The van der Waals surface area contributed by atoms with Gasteiger partial charge < -0.3 is 0 Å². The van der Waals surface area contributed by atoms with Gasteiger partial charge in [-0.15, -0.1) is 11.3 Å². The summed E-state index contributed by atoms with van der Waals surface area (Å²) >= 11 is 8.02. The molecule has 0 bridgehead atoms. The van der Waals surface area contributed by atoms with E-state index in [1.807, 2.05) is 30.3 Å². The fourth-order valence-electron chi connectivity index (χ4n) is 1.27. The van der Waals surface area contributed by atoms with Crippen LogP contribution in [-0.4, -0.2) is 5.91 Å². The first-order chi connectivity index (χ1) is 8.66. The molecule has 1 aromatic heterocycles. The van der Waals surface area contributed by atoms with Crippen molar-refractivity contribution in [2.75, 3.05) is 0 Å². The molecule has 0 unspecified atom stereocenters. The lowest BCUT2D eigenvalue weighted by molar-refractivity contribution is 0.0237. The zero-order chi connectivity index (χ0) is 13.0. The number of carbonyl (C=O) groups excluding carboxylic acids is 1. The van der Waals surface area contributed by atoms with Crippen molar-refractivity contribution in [2.24, 2.45) is 0 Å². The standard InChI is InChI=1S/C12H9Br2NO2S/c13-9-6-10(18-11(9)14)12(16)15-17-7-8-4-2-1-3-5-8/h1-6H,7H2,(H,15,16). The molecule has 1 heterocycles. The molecule has 1 aromatic carbocycles. The zero-order valence-electron chi connectivity index (χ0n) is 9.15. The first kappa shape index (κ1) is 13.7. The molecule has 6 heteroatoms. The van der Waals surface area contributed by atoms with Crippen molar-refractivity contribution in [3.8, 4) is 0 Å². The largest absolute Gasteiger partial charge is 0.284 e. The molecule has 0 saturated carbocycles. The summed E-state index contributed by atoms with van der Waals surface area (Å²) in [6.07, 6.45) is 0. The molecule has 0 saturated heterocycles. The van der Waals surface area contributed by atoms with Gasteiger partial charge in [-0.2, -0.15) is 0 Å². The van der Waals surface area contributed by atoms with E-state index in [4.69, 9.17) is 4.84 Å². The van der Waals surface area contributed by atoms with Crippen LogP contribution in [0.15, 0.2) is 44.7 Å². The minimum atomic E-state index is -0.248. The fraction of sp³-hybridized carbons (Fsp3) is 0.0833. The monoisotopic (exact) mass is 389 g/mol. The first-order valence-corrected chi connectivity index (χ1v) is 7.48. The van der Waals surface area contributed by atoms with Crippen LogP contribution in [0.25, 0.3) is 0 Å². The van der Waals surface area contributed by atoms with Gasteiger partial charge in [0.1, 0.15) is 0 Å². The van der Waals surface area contributed by atoms with Crippen molar-refractivity contribution in [2.45, 2.75) is 6.61 Å². The second-order valence-electron chi connectivity index (χ2n) is 3.44. The number of amides is 1. The third-order valence-electron chi connectivity index (χ3n) is 2.12. The van der Waals surface area contributed by atoms with Gasteiger partial charge in [0.25, 0.3) is 5.91 Å².